The summed E-state index contributed by atoms with van der Waals surface area (Å²) in [5.74, 6) is 0.220. The molecule has 1 aliphatic rings. The number of nitrogens with zero attached hydrogens (tertiary/aromatic N) is 1. The Hall–Kier alpha value is -0.820. The third-order valence-corrected chi connectivity index (χ3v) is 3.16. The van der Waals surface area contributed by atoms with Gasteiger partial charge < -0.3 is 15.3 Å². The average molecular weight is 268 g/mol. The maximum Gasteiger partial charge on any atom is 0.415 e. The number of likely N-dealkylation sites (tertiary alicyclic amines) is 1. The average Bonchev–Trinajstić information content (AvgIpc) is 2.26. The van der Waals surface area contributed by atoms with E-state index in [1.54, 1.807) is 4.90 Å². The predicted octanol–water partition coefficient (Wildman–Crippen LogP) is 0.758. The highest BCUT2D eigenvalue weighted by molar-refractivity contribution is 5.72. The summed E-state index contributed by atoms with van der Waals surface area (Å²) < 4.78 is 36.5. The minimum Gasteiger partial charge on any atom is -0.382 e. The molecule has 1 rings (SSSR count). The topological polar surface area (TPSA) is 52.6 Å². The first kappa shape index (κ1) is 15.2. The van der Waals surface area contributed by atoms with Gasteiger partial charge >= 0.3 is 6.18 Å². The Morgan fingerprint density at radius 1 is 1.44 bits per heavy atom. The molecule has 1 amide bonds. The van der Waals surface area contributed by atoms with Gasteiger partial charge in [0.15, 0.2) is 6.10 Å². The molecular weight excluding hydrogens is 249 g/mol. The third kappa shape index (κ3) is 5.22. The number of halogens is 3. The first-order chi connectivity index (χ1) is 8.29. The number of hydrogen-bond acceptors (Lipinski definition) is 3. The van der Waals surface area contributed by atoms with Crippen molar-refractivity contribution in [1.82, 2.24) is 10.2 Å². The fraction of sp³-hybridized carbons (Fsp3) is 0.909. The van der Waals surface area contributed by atoms with E-state index in [-0.39, 0.29) is 12.5 Å². The molecule has 4 nitrogen and oxygen atoms in total. The van der Waals surface area contributed by atoms with Crippen LogP contribution < -0.4 is 5.32 Å². The van der Waals surface area contributed by atoms with Crippen molar-refractivity contribution < 1.29 is 23.1 Å². The molecule has 1 aliphatic heterocycles. The SMILES string of the molecule is CC(=O)NCC1CCN(CC(O)C(F)(F)F)CC1. The molecule has 1 atom stereocenters. The van der Waals surface area contributed by atoms with E-state index in [1.807, 2.05) is 0 Å². The number of carbonyl (C=O) groups is 1. The first-order valence-electron chi connectivity index (χ1n) is 6.00. The second kappa shape index (κ2) is 6.38. The van der Waals surface area contributed by atoms with Crippen LogP contribution in [0.15, 0.2) is 0 Å². The van der Waals surface area contributed by atoms with Crippen LogP contribution in [0.3, 0.4) is 0 Å². The van der Waals surface area contributed by atoms with Crippen LogP contribution in [0.1, 0.15) is 19.8 Å². The standard InChI is InChI=1S/C11H19F3N2O2/c1-8(17)15-6-9-2-4-16(5-3-9)7-10(18)11(12,13)14/h9-10,18H,2-7H2,1H3,(H,15,17). The number of hydrogen-bond donors (Lipinski definition) is 2. The van der Waals surface area contributed by atoms with Gasteiger partial charge in [-0.2, -0.15) is 13.2 Å². The summed E-state index contributed by atoms with van der Waals surface area (Å²) >= 11 is 0. The van der Waals surface area contributed by atoms with Crippen LogP contribution in [-0.4, -0.2) is 54.4 Å². The summed E-state index contributed by atoms with van der Waals surface area (Å²) in [5.41, 5.74) is 0. The minimum absolute atomic E-state index is 0.0927. The summed E-state index contributed by atoms with van der Waals surface area (Å²) in [6.07, 6.45) is -5.34. The lowest BCUT2D eigenvalue weighted by Crippen LogP contribution is -2.45. The van der Waals surface area contributed by atoms with Crippen molar-refractivity contribution in [2.75, 3.05) is 26.2 Å². The van der Waals surface area contributed by atoms with Crippen molar-refractivity contribution in [2.45, 2.75) is 32.0 Å². The Morgan fingerprint density at radius 3 is 2.44 bits per heavy atom. The highest BCUT2D eigenvalue weighted by Crippen LogP contribution is 2.23. The van der Waals surface area contributed by atoms with E-state index >= 15 is 0 Å². The number of alkyl halides is 3. The minimum atomic E-state index is -4.55. The van der Waals surface area contributed by atoms with E-state index in [0.717, 1.165) is 12.8 Å². The lowest BCUT2D eigenvalue weighted by molar-refractivity contribution is -0.208. The largest absolute Gasteiger partial charge is 0.415 e. The number of aliphatic hydroxyl groups excluding tert-OH is 1. The van der Waals surface area contributed by atoms with Gasteiger partial charge in [-0.1, -0.05) is 0 Å². The highest BCUT2D eigenvalue weighted by Gasteiger charge is 2.39. The van der Waals surface area contributed by atoms with E-state index in [4.69, 9.17) is 5.11 Å². The molecule has 7 heteroatoms. The maximum absolute atomic E-state index is 12.2. The second-order valence-corrected chi connectivity index (χ2v) is 4.74. The van der Waals surface area contributed by atoms with Crippen molar-refractivity contribution >= 4 is 5.91 Å². The molecule has 0 spiro atoms. The Bertz CT molecular complexity index is 276. The number of amides is 1. The Labute approximate surface area is 104 Å². The normalized spacial score (nSPS) is 20.7. The van der Waals surface area contributed by atoms with Gasteiger partial charge in [0, 0.05) is 20.0 Å². The van der Waals surface area contributed by atoms with Crippen molar-refractivity contribution in [3.63, 3.8) is 0 Å². The Balaban J connectivity index is 2.25. The zero-order chi connectivity index (χ0) is 13.8. The van der Waals surface area contributed by atoms with Gasteiger partial charge in [0.2, 0.25) is 5.91 Å². The smallest absolute Gasteiger partial charge is 0.382 e. The lowest BCUT2D eigenvalue weighted by atomic mass is 9.96. The number of piperidine rings is 1. The molecule has 2 N–H and O–H groups in total. The zero-order valence-corrected chi connectivity index (χ0v) is 10.3. The summed E-state index contributed by atoms with van der Waals surface area (Å²) in [4.78, 5) is 12.3. The molecular formula is C11H19F3N2O2. The monoisotopic (exact) mass is 268 g/mol. The summed E-state index contributed by atoms with van der Waals surface area (Å²) in [6.45, 7) is 2.70. The van der Waals surface area contributed by atoms with Crippen LogP contribution in [0.25, 0.3) is 0 Å². The molecule has 0 saturated carbocycles. The number of β-amino-alcohol motifs (C(OH)–C–C–N with tert-alkyl or cyclic N) is 1. The van der Waals surface area contributed by atoms with E-state index in [0.29, 0.717) is 25.6 Å². The van der Waals surface area contributed by atoms with E-state index in [9.17, 15) is 18.0 Å². The summed E-state index contributed by atoms with van der Waals surface area (Å²) in [6, 6.07) is 0. The van der Waals surface area contributed by atoms with Crippen LogP contribution in [0.4, 0.5) is 13.2 Å². The van der Waals surface area contributed by atoms with Crippen LogP contribution in [0.2, 0.25) is 0 Å². The molecule has 1 fully saturated rings. The second-order valence-electron chi connectivity index (χ2n) is 4.74. The maximum atomic E-state index is 12.2. The number of nitrogens with one attached hydrogen (secondary N) is 1. The molecule has 1 unspecified atom stereocenters. The number of aliphatic hydroxyl groups is 1. The van der Waals surface area contributed by atoms with Gasteiger partial charge in [-0.3, -0.25) is 4.79 Å². The van der Waals surface area contributed by atoms with Gasteiger partial charge in [-0.15, -0.1) is 0 Å². The molecule has 0 bridgehead atoms. The predicted molar refractivity (Wildman–Crippen MR) is 59.9 cm³/mol. The van der Waals surface area contributed by atoms with Gasteiger partial charge in [0.25, 0.3) is 0 Å². The molecule has 0 aromatic rings. The quantitative estimate of drug-likeness (QED) is 0.791. The van der Waals surface area contributed by atoms with Crippen molar-refractivity contribution in [1.29, 1.82) is 0 Å². The molecule has 106 valence electrons. The lowest BCUT2D eigenvalue weighted by Gasteiger charge is -2.33. The van der Waals surface area contributed by atoms with Crippen LogP contribution >= 0.6 is 0 Å². The summed E-state index contributed by atoms with van der Waals surface area (Å²) in [5, 5.41) is 11.7. The van der Waals surface area contributed by atoms with Gasteiger partial charge in [0.05, 0.1) is 0 Å². The third-order valence-electron chi connectivity index (χ3n) is 3.16. The van der Waals surface area contributed by atoms with Crippen molar-refractivity contribution in [2.24, 2.45) is 5.92 Å². The molecule has 0 aliphatic carbocycles. The molecule has 1 saturated heterocycles. The summed E-state index contributed by atoms with van der Waals surface area (Å²) in [7, 11) is 0. The molecule has 0 radical (unpaired) electrons. The van der Waals surface area contributed by atoms with Crippen molar-refractivity contribution in [3.8, 4) is 0 Å². The zero-order valence-electron chi connectivity index (χ0n) is 10.3. The molecule has 0 aromatic heterocycles. The number of carbonyl (C=O) groups excluding carboxylic acids is 1. The molecule has 18 heavy (non-hydrogen) atoms. The Morgan fingerprint density at radius 2 is 2.00 bits per heavy atom. The van der Waals surface area contributed by atoms with E-state index < -0.39 is 12.3 Å². The van der Waals surface area contributed by atoms with E-state index in [2.05, 4.69) is 5.32 Å². The van der Waals surface area contributed by atoms with E-state index in [1.165, 1.54) is 6.92 Å². The highest BCUT2D eigenvalue weighted by atomic mass is 19.4. The van der Waals surface area contributed by atoms with Crippen LogP contribution in [-0.2, 0) is 4.79 Å². The van der Waals surface area contributed by atoms with Crippen LogP contribution in [0.5, 0.6) is 0 Å². The fourth-order valence-electron chi connectivity index (χ4n) is 2.01. The molecule has 0 aromatic carbocycles. The molecule has 1 heterocycles. The van der Waals surface area contributed by atoms with Crippen LogP contribution in [0, 0.1) is 5.92 Å². The Kier molecular flexibility index (Phi) is 5.40. The van der Waals surface area contributed by atoms with Gasteiger partial charge in [0.1, 0.15) is 0 Å². The first-order valence-corrected chi connectivity index (χ1v) is 6.00. The van der Waals surface area contributed by atoms with Gasteiger partial charge in [-0.05, 0) is 31.8 Å². The fourth-order valence-corrected chi connectivity index (χ4v) is 2.01. The van der Waals surface area contributed by atoms with Crippen molar-refractivity contribution in [3.05, 3.63) is 0 Å². The van der Waals surface area contributed by atoms with Gasteiger partial charge in [-0.25, -0.2) is 0 Å². The number of rotatable bonds is 4.